The molecule has 9 heteroatoms. The summed E-state index contributed by atoms with van der Waals surface area (Å²) < 4.78 is 27.3. The van der Waals surface area contributed by atoms with E-state index in [-0.39, 0.29) is 0 Å². The lowest BCUT2D eigenvalue weighted by Gasteiger charge is -2.36. The number of imide groups is 1. The van der Waals surface area contributed by atoms with E-state index in [0.29, 0.717) is 37.0 Å². The summed E-state index contributed by atoms with van der Waals surface area (Å²) in [6, 6.07) is 6.02. The molecule has 156 valence electrons. The van der Waals surface area contributed by atoms with Gasteiger partial charge in [-0.3, -0.25) is 15.0 Å². The van der Waals surface area contributed by atoms with Gasteiger partial charge in [0.25, 0.3) is 0 Å². The molecule has 0 saturated carbocycles. The second-order valence-corrected chi connectivity index (χ2v) is 9.00. The highest BCUT2D eigenvalue weighted by molar-refractivity contribution is 7.89. The van der Waals surface area contributed by atoms with Crippen molar-refractivity contribution in [1.82, 2.24) is 19.8 Å². The average Bonchev–Trinajstić information content (AvgIpc) is 2.72. The molecule has 8 nitrogen and oxygen atoms in total. The van der Waals surface area contributed by atoms with Crippen LogP contribution in [-0.2, 0) is 14.8 Å². The second-order valence-electron chi connectivity index (χ2n) is 7.06. The monoisotopic (exact) mass is 410 g/mol. The van der Waals surface area contributed by atoms with Crippen molar-refractivity contribution in [3.8, 4) is 0 Å². The molecule has 2 N–H and O–H groups in total. The minimum absolute atomic E-state index is 0.290. The van der Waals surface area contributed by atoms with Gasteiger partial charge in [0, 0.05) is 33.2 Å². The maximum atomic E-state index is 12.9. The van der Waals surface area contributed by atoms with Gasteiger partial charge >= 0.3 is 6.03 Å². The lowest BCUT2D eigenvalue weighted by molar-refractivity contribution is -0.125. The van der Waals surface area contributed by atoms with Crippen molar-refractivity contribution < 1.29 is 18.0 Å². The highest BCUT2D eigenvalue weighted by Gasteiger charge is 2.32. The molecule has 0 aliphatic carbocycles. The standard InChI is InChI=1S/C19H30N4O4S/c1-5-14(2)16-6-8-17(9-7-16)28(26,27)23-12-10-22(11-13-23)15(3)18(24)21-19(25)20-4/h6-9,14-15H,5,10-13H2,1-4H3,(H2,20,21,24,25)/t14-,15+/m0/s1. The molecule has 2 rings (SSSR count). The summed E-state index contributed by atoms with van der Waals surface area (Å²) in [6.45, 7) is 7.37. The van der Waals surface area contributed by atoms with E-state index in [1.165, 1.54) is 11.4 Å². The number of benzene rings is 1. The molecular formula is C19H30N4O4S. The molecule has 1 heterocycles. The molecule has 1 aromatic carbocycles. The van der Waals surface area contributed by atoms with E-state index < -0.39 is 28.0 Å². The molecule has 1 aliphatic heterocycles. The first-order valence-corrected chi connectivity index (χ1v) is 11.0. The van der Waals surface area contributed by atoms with Gasteiger partial charge in [0.2, 0.25) is 15.9 Å². The summed E-state index contributed by atoms with van der Waals surface area (Å²) in [7, 11) is -2.12. The molecule has 0 radical (unpaired) electrons. The number of amides is 3. The quantitative estimate of drug-likeness (QED) is 0.738. The minimum atomic E-state index is -3.56. The zero-order valence-corrected chi connectivity index (χ0v) is 17.8. The third-order valence-corrected chi connectivity index (χ3v) is 7.28. The Kier molecular flexibility index (Phi) is 7.56. The molecule has 0 spiro atoms. The third kappa shape index (κ3) is 5.09. The molecule has 3 amide bonds. The van der Waals surface area contributed by atoms with Crippen LogP contribution in [0.25, 0.3) is 0 Å². The summed E-state index contributed by atoms with van der Waals surface area (Å²) >= 11 is 0. The highest BCUT2D eigenvalue weighted by atomic mass is 32.2. The number of sulfonamides is 1. The van der Waals surface area contributed by atoms with Crippen LogP contribution in [0, 0.1) is 0 Å². The lowest BCUT2D eigenvalue weighted by Crippen LogP contribution is -2.56. The molecule has 0 bridgehead atoms. The van der Waals surface area contributed by atoms with Crippen LogP contribution in [-0.4, -0.2) is 68.8 Å². The molecule has 28 heavy (non-hydrogen) atoms. The van der Waals surface area contributed by atoms with Gasteiger partial charge < -0.3 is 5.32 Å². The molecule has 1 aliphatic rings. The number of carbonyl (C=O) groups excluding carboxylic acids is 2. The maximum Gasteiger partial charge on any atom is 0.321 e. The van der Waals surface area contributed by atoms with Crippen molar-refractivity contribution in [2.75, 3.05) is 33.2 Å². The number of nitrogens with zero attached hydrogens (tertiary/aromatic N) is 2. The van der Waals surface area contributed by atoms with Gasteiger partial charge in [-0.1, -0.05) is 26.0 Å². The van der Waals surface area contributed by atoms with E-state index >= 15 is 0 Å². The van der Waals surface area contributed by atoms with Gasteiger partial charge in [0.1, 0.15) is 0 Å². The predicted octanol–water partition coefficient (Wildman–Crippen LogP) is 1.35. The fourth-order valence-electron chi connectivity index (χ4n) is 3.13. The molecule has 0 aromatic heterocycles. The number of carbonyl (C=O) groups is 2. The smallest absolute Gasteiger partial charge is 0.321 e. The summed E-state index contributed by atoms with van der Waals surface area (Å²) in [5, 5.41) is 4.59. The Hall–Kier alpha value is -1.97. The third-order valence-electron chi connectivity index (χ3n) is 5.36. The van der Waals surface area contributed by atoms with Crippen molar-refractivity contribution in [2.45, 2.75) is 44.0 Å². The topological polar surface area (TPSA) is 98.8 Å². The number of urea groups is 1. The molecule has 1 aromatic rings. The van der Waals surface area contributed by atoms with Crippen molar-refractivity contribution in [1.29, 1.82) is 0 Å². The Morgan fingerprint density at radius 3 is 2.14 bits per heavy atom. The van der Waals surface area contributed by atoms with E-state index in [1.807, 2.05) is 17.0 Å². The van der Waals surface area contributed by atoms with E-state index in [4.69, 9.17) is 0 Å². The molecule has 1 fully saturated rings. The van der Waals surface area contributed by atoms with Crippen LogP contribution in [0.5, 0.6) is 0 Å². The first-order chi connectivity index (χ1) is 13.2. The number of piperazine rings is 1. The fraction of sp³-hybridized carbons (Fsp3) is 0.579. The van der Waals surface area contributed by atoms with E-state index in [9.17, 15) is 18.0 Å². The van der Waals surface area contributed by atoms with Crippen LogP contribution in [0.4, 0.5) is 4.79 Å². The Balaban J connectivity index is 1.99. The minimum Gasteiger partial charge on any atom is -0.341 e. The van der Waals surface area contributed by atoms with Crippen molar-refractivity contribution >= 4 is 22.0 Å². The summed E-state index contributed by atoms with van der Waals surface area (Å²) in [5.41, 5.74) is 1.13. The number of nitrogens with one attached hydrogen (secondary N) is 2. The van der Waals surface area contributed by atoms with Crippen molar-refractivity contribution in [2.24, 2.45) is 0 Å². The Labute approximate surface area is 167 Å². The molecular weight excluding hydrogens is 380 g/mol. The van der Waals surface area contributed by atoms with Crippen LogP contribution in [0.3, 0.4) is 0 Å². The summed E-state index contributed by atoms with van der Waals surface area (Å²) in [6.07, 6.45) is 1.000. The summed E-state index contributed by atoms with van der Waals surface area (Å²) in [5.74, 6) is -0.0148. The average molecular weight is 411 g/mol. The van der Waals surface area contributed by atoms with Gasteiger partial charge in [0.15, 0.2) is 0 Å². The van der Waals surface area contributed by atoms with Crippen LogP contribution < -0.4 is 10.6 Å². The Bertz CT molecular complexity index is 787. The fourth-order valence-corrected chi connectivity index (χ4v) is 4.55. The maximum absolute atomic E-state index is 12.9. The zero-order chi connectivity index (χ0) is 20.9. The van der Waals surface area contributed by atoms with Gasteiger partial charge in [-0.25, -0.2) is 13.2 Å². The first-order valence-electron chi connectivity index (χ1n) is 9.57. The van der Waals surface area contributed by atoms with Crippen LogP contribution in [0.15, 0.2) is 29.2 Å². The van der Waals surface area contributed by atoms with Gasteiger partial charge in [-0.2, -0.15) is 4.31 Å². The summed E-state index contributed by atoms with van der Waals surface area (Å²) in [4.78, 5) is 25.5. The van der Waals surface area contributed by atoms with E-state index in [1.54, 1.807) is 19.1 Å². The van der Waals surface area contributed by atoms with Crippen molar-refractivity contribution in [3.63, 3.8) is 0 Å². The predicted molar refractivity (Wildman–Crippen MR) is 108 cm³/mol. The van der Waals surface area contributed by atoms with Crippen LogP contribution >= 0.6 is 0 Å². The lowest BCUT2D eigenvalue weighted by atomic mass is 9.99. The van der Waals surface area contributed by atoms with E-state index in [0.717, 1.165) is 12.0 Å². The largest absolute Gasteiger partial charge is 0.341 e. The molecule has 2 atom stereocenters. The van der Waals surface area contributed by atoms with Gasteiger partial charge in [-0.05, 0) is 37.0 Å². The second kappa shape index (κ2) is 9.49. The SMILES string of the molecule is CC[C@H](C)c1ccc(S(=O)(=O)N2CCN([C@H](C)C(=O)NC(=O)NC)CC2)cc1. The normalized spacial score (nSPS) is 18.3. The number of hydrogen-bond donors (Lipinski definition) is 2. The Morgan fingerprint density at radius 1 is 1.07 bits per heavy atom. The highest BCUT2D eigenvalue weighted by Crippen LogP contribution is 2.23. The first kappa shape index (κ1) is 22.3. The number of hydrogen-bond acceptors (Lipinski definition) is 5. The zero-order valence-electron chi connectivity index (χ0n) is 16.9. The van der Waals surface area contributed by atoms with Crippen LogP contribution in [0.2, 0.25) is 0 Å². The van der Waals surface area contributed by atoms with Crippen LogP contribution in [0.1, 0.15) is 38.7 Å². The molecule has 0 unspecified atom stereocenters. The Morgan fingerprint density at radius 2 is 1.64 bits per heavy atom. The van der Waals surface area contributed by atoms with Crippen molar-refractivity contribution in [3.05, 3.63) is 29.8 Å². The molecule has 1 saturated heterocycles. The number of rotatable bonds is 6. The van der Waals surface area contributed by atoms with E-state index in [2.05, 4.69) is 24.5 Å². The van der Waals surface area contributed by atoms with Gasteiger partial charge in [-0.15, -0.1) is 0 Å². The van der Waals surface area contributed by atoms with Gasteiger partial charge in [0.05, 0.1) is 10.9 Å².